The first-order chi connectivity index (χ1) is 12.7. The van der Waals surface area contributed by atoms with Crippen LogP contribution in [0, 0.1) is 0 Å². The van der Waals surface area contributed by atoms with Gasteiger partial charge in [-0.1, -0.05) is 33.2 Å². The molecule has 0 aliphatic carbocycles. The lowest BCUT2D eigenvalue weighted by atomic mass is 9.87. The van der Waals surface area contributed by atoms with Crippen molar-refractivity contribution in [2.24, 2.45) is 12.2 Å². The van der Waals surface area contributed by atoms with Crippen LogP contribution in [0.15, 0.2) is 57.0 Å². The van der Waals surface area contributed by atoms with E-state index in [0.717, 1.165) is 10.0 Å². The van der Waals surface area contributed by atoms with Crippen LogP contribution in [0.1, 0.15) is 42.7 Å². The van der Waals surface area contributed by atoms with Crippen molar-refractivity contribution in [1.29, 1.82) is 0 Å². The summed E-state index contributed by atoms with van der Waals surface area (Å²) >= 11 is 3.34. The van der Waals surface area contributed by atoms with Crippen molar-refractivity contribution < 1.29 is 18.4 Å². The van der Waals surface area contributed by atoms with E-state index >= 15 is 0 Å². The fourth-order valence-electron chi connectivity index (χ4n) is 2.88. The Bertz CT molecular complexity index is 845. The molecule has 1 N–H and O–H groups in total. The Morgan fingerprint density at radius 2 is 1.89 bits per heavy atom. The second kappa shape index (κ2) is 9.21. The van der Waals surface area contributed by atoms with Crippen molar-refractivity contribution in [3.63, 3.8) is 0 Å². The lowest BCUT2D eigenvalue weighted by Gasteiger charge is -2.19. The van der Waals surface area contributed by atoms with Gasteiger partial charge in [0.05, 0.1) is 5.71 Å². The Hall–Kier alpha value is -2.09. The van der Waals surface area contributed by atoms with Crippen molar-refractivity contribution in [2.75, 3.05) is 0 Å². The highest BCUT2D eigenvalue weighted by Gasteiger charge is 2.27. The molecule has 1 heterocycles. The van der Waals surface area contributed by atoms with Crippen molar-refractivity contribution in [1.82, 2.24) is 4.57 Å². The minimum absolute atomic E-state index is 0.0176. The number of hydrogen-bond donors (Lipinski definition) is 1. The Morgan fingerprint density at radius 1 is 1.22 bits per heavy atom. The first-order valence-corrected chi connectivity index (χ1v) is 9.19. The topological polar surface area (TPSA) is 54.6 Å². The van der Waals surface area contributed by atoms with Crippen LogP contribution in [-0.2, 0) is 7.05 Å². The van der Waals surface area contributed by atoms with E-state index in [-0.39, 0.29) is 24.3 Å². The SMILES string of the molecule is Cn1cc(/C(CC(CCCC(F)(F)F)c2ccc(Br)cc2)=N\O)ccc1=O. The predicted octanol–water partition coefficient (Wildman–Crippen LogP) is 5.23. The summed E-state index contributed by atoms with van der Waals surface area (Å²) in [4.78, 5) is 11.5. The van der Waals surface area contributed by atoms with Crippen LogP contribution >= 0.6 is 15.9 Å². The van der Waals surface area contributed by atoms with E-state index in [2.05, 4.69) is 21.1 Å². The number of alkyl halides is 3. The quantitative estimate of drug-likeness (QED) is 0.361. The zero-order valence-electron chi connectivity index (χ0n) is 14.7. The molecule has 146 valence electrons. The van der Waals surface area contributed by atoms with Crippen LogP contribution in [0.2, 0.25) is 0 Å². The highest BCUT2D eigenvalue weighted by molar-refractivity contribution is 9.10. The Morgan fingerprint density at radius 3 is 2.44 bits per heavy atom. The Balaban J connectivity index is 2.24. The summed E-state index contributed by atoms with van der Waals surface area (Å²) in [6.45, 7) is 0. The van der Waals surface area contributed by atoms with Gasteiger partial charge in [-0.25, -0.2) is 0 Å². The summed E-state index contributed by atoms with van der Waals surface area (Å²) in [7, 11) is 1.58. The van der Waals surface area contributed by atoms with E-state index in [1.165, 1.54) is 10.6 Å². The molecule has 1 aromatic carbocycles. The molecule has 4 nitrogen and oxygen atoms in total. The number of pyridine rings is 1. The summed E-state index contributed by atoms with van der Waals surface area (Å²) in [5.74, 6) is -0.247. The largest absolute Gasteiger partial charge is 0.411 e. The van der Waals surface area contributed by atoms with Gasteiger partial charge in [-0.15, -0.1) is 0 Å². The van der Waals surface area contributed by atoms with Crippen molar-refractivity contribution >= 4 is 21.6 Å². The van der Waals surface area contributed by atoms with Crippen LogP contribution in [-0.4, -0.2) is 21.7 Å². The summed E-state index contributed by atoms with van der Waals surface area (Å²) in [6.07, 6.45) is -2.97. The van der Waals surface area contributed by atoms with Gasteiger partial charge in [-0.3, -0.25) is 4.79 Å². The van der Waals surface area contributed by atoms with Gasteiger partial charge in [0.2, 0.25) is 5.56 Å². The maximum absolute atomic E-state index is 12.5. The molecule has 1 aromatic heterocycles. The molecule has 2 rings (SSSR count). The molecular weight excluding hydrogens is 425 g/mol. The average molecular weight is 445 g/mol. The number of rotatable bonds is 7. The lowest BCUT2D eigenvalue weighted by molar-refractivity contribution is -0.135. The minimum atomic E-state index is -4.20. The van der Waals surface area contributed by atoms with Crippen molar-refractivity contribution in [3.8, 4) is 0 Å². The van der Waals surface area contributed by atoms with Gasteiger partial charge in [0.15, 0.2) is 0 Å². The van der Waals surface area contributed by atoms with E-state index in [9.17, 15) is 23.2 Å². The van der Waals surface area contributed by atoms with Gasteiger partial charge < -0.3 is 9.77 Å². The van der Waals surface area contributed by atoms with Gasteiger partial charge in [0, 0.05) is 42.2 Å². The van der Waals surface area contributed by atoms with Crippen LogP contribution in [0.25, 0.3) is 0 Å². The third-order valence-corrected chi connectivity index (χ3v) is 4.86. The first-order valence-electron chi connectivity index (χ1n) is 8.40. The molecule has 0 radical (unpaired) electrons. The molecule has 0 spiro atoms. The van der Waals surface area contributed by atoms with Gasteiger partial charge in [0.25, 0.3) is 0 Å². The number of benzene rings is 1. The van der Waals surface area contributed by atoms with Crippen LogP contribution in [0.3, 0.4) is 0 Å². The Labute approximate surface area is 163 Å². The molecular formula is C19H20BrF3N2O2. The van der Waals surface area contributed by atoms with Gasteiger partial charge >= 0.3 is 6.18 Å². The third-order valence-electron chi connectivity index (χ3n) is 4.33. The number of oxime groups is 1. The molecule has 0 bridgehead atoms. The number of hydrogen-bond acceptors (Lipinski definition) is 3. The number of halogens is 4. The molecule has 0 saturated heterocycles. The smallest absolute Gasteiger partial charge is 0.389 e. The number of aryl methyl sites for hydroxylation is 1. The zero-order chi connectivity index (χ0) is 20.0. The fourth-order valence-corrected chi connectivity index (χ4v) is 3.15. The molecule has 2 aromatic rings. The predicted molar refractivity (Wildman–Crippen MR) is 101 cm³/mol. The third kappa shape index (κ3) is 6.53. The van der Waals surface area contributed by atoms with Gasteiger partial charge in [-0.2, -0.15) is 13.2 Å². The standard InChI is InChI=1S/C19H20BrF3N2O2/c1-25-12-15(6-9-18(25)26)17(24-27)11-14(3-2-10-19(21,22)23)13-4-7-16(20)8-5-13/h4-9,12,14,27H,2-3,10-11H2,1H3/b24-17-. The van der Waals surface area contributed by atoms with Crippen molar-refractivity contribution in [2.45, 2.75) is 37.8 Å². The molecule has 8 heteroatoms. The lowest BCUT2D eigenvalue weighted by Crippen LogP contribution is -2.18. The maximum Gasteiger partial charge on any atom is 0.389 e. The van der Waals surface area contributed by atoms with Crippen LogP contribution in [0.5, 0.6) is 0 Å². The summed E-state index contributed by atoms with van der Waals surface area (Å²) in [5, 5.41) is 12.8. The van der Waals surface area contributed by atoms with E-state index in [1.54, 1.807) is 19.3 Å². The highest BCUT2D eigenvalue weighted by Crippen LogP contribution is 2.31. The molecule has 27 heavy (non-hydrogen) atoms. The van der Waals surface area contributed by atoms with Crippen molar-refractivity contribution in [3.05, 3.63) is 68.5 Å². The van der Waals surface area contributed by atoms with Crippen LogP contribution in [0.4, 0.5) is 13.2 Å². The molecule has 0 aliphatic heterocycles. The highest BCUT2D eigenvalue weighted by atomic mass is 79.9. The number of nitrogens with zero attached hydrogens (tertiary/aromatic N) is 2. The molecule has 0 fully saturated rings. The van der Waals surface area contributed by atoms with E-state index < -0.39 is 12.6 Å². The maximum atomic E-state index is 12.5. The summed E-state index contributed by atoms with van der Waals surface area (Å²) in [5.41, 5.74) is 1.54. The zero-order valence-corrected chi connectivity index (χ0v) is 16.3. The molecule has 1 unspecified atom stereocenters. The Kier molecular flexibility index (Phi) is 7.24. The first kappa shape index (κ1) is 21.2. The normalized spacial score (nSPS) is 13.6. The minimum Gasteiger partial charge on any atom is -0.411 e. The average Bonchev–Trinajstić information content (AvgIpc) is 2.60. The summed E-state index contributed by atoms with van der Waals surface area (Å²) in [6, 6.07) is 10.3. The summed E-state index contributed by atoms with van der Waals surface area (Å²) < 4.78 is 39.8. The van der Waals surface area contributed by atoms with E-state index in [0.29, 0.717) is 17.7 Å². The van der Waals surface area contributed by atoms with Crippen LogP contribution < -0.4 is 5.56 Å². The second-order valence-corrected chi connectivity index (χ2v) is 7.29. The van der Waals surface area contributed by atoms with E-state index in [4.69, 9.17) is 0 Å². The second-order valence-electron chi connectivity index (χ2n) is 6.37. The van der Waals surface area contributed by atoms with E-state index in [1.807, 2.05) is 24.3 Å². The number of aromatic nitrogens is 1. The monoisotopic (exact) mass is 444 g/mol. The van der Waals surface area contributed by atoms with Gasteiger partial charge in [-0.05, 0) is 42.5 Å². The molecule has 1 atom stereocenters. The molecule has 0 saturated carbocycles. The van der Waals surface area contributed by atoms with Gasteiger partial charge in [0.1, 0.15) is 0 Å². The molecule has 0 amide bonds. The fraction of sp³-hybridized carbons (Fsp3) is 0.368. The molecule has 0 aliphatic rings.